The van der Waals surface area contributed by atoms with Crippen LogP contribution in [0.15, 0.2) is 34.9 Å². The van der Waals surface area contributed by atoms with Crippen LogP contribution in [0.1, 0.15) is 29.6 Å². The summed E-state index contributed by atoms with van der Waals surface area (Å²) in [7, 11) is 0. The van der Waals surface area contributed by atoms with Crippen molar-refractivity contribution in [2.45, 2.75) is 40.3 Å². The Balaban J connectivity index is 1.74. The van der Waals surface area contributed by atoms with Crippen LogP contribution < -0.4 is 5.32 Å². The van der Waals surface area contributed by atoms with Gasteiger partial charge < -0.3 is 14.4 Å². The van der Waals surface area contributed by atoms with Gasteiger partial charge in [-0.3, -0.25) is 4.79 Å². The summed E-state index contributed by atoms with van der Waals surface area (Å²) in [5.74, 6) is 1.00. The third-order valence-electron chi connectivity index (χ3n) is 4.19. The monoisotopic (exact) mass is 372 g/mol. The molecule has 2 aromatic heterocycles. The number of aromatic nitrogens is 3. The van der Waals surface area contributed by atoms with Crippen LogP contribution >= 0.6 is 11.6 Å². The molecule has 0 aliphatic carbocycles. The zero-order chi connectivity index (χ0) is 18.7. The van der Waals surface area contributed by atoms with Crippen LogP contribution in [0.3, 0.4) is 0 Å². The van der Waals surface area contributed by atoms with Gasteiger partial charge >= 0.3 is 0 Å². The molecule has 0 spiro atoms. The van der Waals surface area contributed by atoms with Crippen LogP contribution in [0.4, 0.5) is 0 Å². The number of hydrogen-bond acceptors (Lipinski definition) is 4. The lowest BCUT2D eigenvalue weighted by Gasteiger charge is -2.11. The molecule has 0 radical (unpaired) electrons. The van der Waals surface area contributed by atoms with Crippen LogP contribution in [-0.2, 0) is 24.3 Å². The highest BCUT2D eigenvalue weighted by Crippen LogP contribution is 2.25. The van der Waals surface area contributed by atoms with Gasteiger partial charge in [-0.15, -0.1) is 0 Å². The summed E-state index contributed by atoms with van der Waals surface area (Å²) < 4.78 is 7.27. The second-order valence-corrected chi connectivity index (χ2v) is 6.61. The molecule has 136 valence electrons. The molecule has 0 atom stereocenters. The summed E-state index contributed by atoms with van der Waals surface area (Å²) in [6, 6.07) is 9.41. The SMILES string of the molecule is CCc1noc(-c2c(C)cc(C)n2CC(=O)NCc2ccc(Cl)cc2)n1. The maximum absolute atomic E-state index is 12.4. The lowest BCUT2D eigenvalue weighted by atomic mass is 10.2. The van der Waals surface area contributed by atoms with Gasteiger partial charge in [0.2, 0.25) is 5.91 Å². The average molecular weight is 373 g/mol. The van der Waals surface area contributed by atoms with Gasteiger partial charge in [0.25, 0.3) is 5.89 Å². The Morgan fingerprint density at radius 2 is 2.00 bits per heavy atom. The number of benzene rings is 1. The van der Waals surface area contributed by atoms with E-state index in [0.717, 1.165) is 22.5 Å². The van der Waals surface area contributed by atoms with Crippen molar-refractivity contribution in [1.82, 2.24) is 20.0 Å². The van der Waals surface area contributed by atoms with Crippen LogP contribution in [0.25, 0.3) is 11.6 Å². The predicted molar refractivity (Wildman–Crippen MR) is 99.9 cm³/mol. The first-order valence-electron chi connectivity index (χ1n) is 8.48. The van der Waals surface area contributed by atoms with Gasteiger partial charge in [-0.2, -0.15) is 4.98 Å². The minimum Gasteiger partial charge on any atom is -0.350 e. The Hall–Kier alpha value is -2.60. The maximum atomic E-state index is 12.4. The third-order valence-corrected chi connectivity index (χ3v) is 4.44. The number of nitrogens with one attached hydrogen (secondary N) is 1. The van der Waals surface area contributed by atoms with E-state index in [1.54, 1.807) is 0 Å². The molecule has 1 amide bonds. The van der Waals surface area contributed by atoms with Crippen LogP contribution in [0.2, 0.25) is 5.02 Å². The second kappa shape index (κ2) is 7.74. The van der Waals surface area contributed by atoms with E-state index in [0.29, 0.717) is 29.7 Å². The summed E-state index contributed by atoms with van der Waals surface area (Å²) in [6.07, 6.45) is 0.698. The van der Waals surface area contributed by atoms with E-state index in [1.807, 2.05) is 55.7 Å². The topological polar surface area (TPSA) is 73.0 Å². The molecule has 6 nitrogen and oxygen atoms in total. The predicted octanol–water partition coefficient (Wildman–Crippen LogP) is 3.69. The minimum absolute atomic E-state index is 0.0878. The molecular weight excluding hydrogens is 352 g/mol. The van der Waals surface area contributed by atoms with Crippen LogP contribution in [0, 0.1) is 13.8 Å². The number of amides is 1. The molecule has 0 bridgehead atoms. The highest BCUT2D eigenvalue weighted by molar-refractivity contribution is 6.30. The van der Waals surface area contributed by atoms with Crippen LogP contribution in [-0.4, -0.2) is 20.6 Å². The molecule has 7 heteroatoms. The van der Waals surface area contributed by atoms with Crippen molar-refractivity contribution in [3.63, 3.8) is 0 Å². The van der Waals surface area contributed by atoms with E-state index in [1.165, 1.54) is 0 Å². The number of nitrogens with zero attached hydrogens (tertiary/aromatic N) is 3. The summed E-state index contributed by atoms with van der Waals surface area (Å²) >= 11 is 5.88. The summed E-state index contributed by atoms with van der Waals surface area (Å²) in [5, 5.41) is 7.56. The highest BCUT2D eigenvalue weighted by atomic mass is 35.5. The first-order valence-corrected chi connectivity index (χ1v) is 8.86. The summed E-state index contributed by atoms with van der Waals surface area (Å²) in [6.45, 7) is 6.54. The van der Waals surface area contributed by atoms with Gasteiger partial charge in [-0.1, -0.05) is 35.8 Å². The van der Waals surface area contributed by atoms with Gasteiger partial charge in [0.15, 0.2) is 5.82 Å². The molecule has 3 aromatic rings. The van der Waals surface area contributed by atoms with E-state index in [2.05, 4.69) is 15.5 Å². The smallest absolute Gasteiger partial charge is 0.274 e. The maximum Gasteiger partial charge on any atom is 0.274 e. The molecule has 1 aromatic carbocycles. The molecule has 0 saturated heterocycles. The molecule has 2 heterocycles. The number of carbonyl (C=O) groups is 1. The molecule has 0 aliphatic heterocycles. The Morgan fingerprint density at radius 3 is 2.65 bits per heavy atom. The lowest BCUT2D eigenvalue weighted by Crippen LogP contribution is -2.27. The molecular formula is C19H21ClN4O2. The van der Waals surface area contributed by atoms with Crippen molar-refractivity contribution in [2.24, 2.45) is 0 Å². The van der Waals surface area contributed by atoms with E-state index >= 15 is 0 Å². The standard InChI is InChI=1S/C19H21ClN4O2/c1-4-16-22-19(26-23-16)18-12(2)9-13(3)24(18)11-17(25)21-10-14-5-7-15(20)8-6-14/h5-9H,4,10-11H2,1-3H3,(H,21,25). The quantitative estimate of drug-likeness (QED) is 0.716. The van der Waals surface area contributed by atoms with Crippen molar-refractivity contribution < 1.29 is 9.32 Å². The Morgan fingerprint density at radius 1 is 1.27 bits per heavy atom. The zero-order valence-corrected chi connectivity index (χ0v) is 15.8. The average Bonchev–Trinajstić information content (AvgIpc) is 3.19. The fourth-order valence-electron chi connectivity index (χ4n) is 2.83. The number of halogens is 1. The Bertz CT molecular complexity index is 912. The molecule has 3 rings (SSSR count). The van der Waals surface area contributed by atoms with Crippen molar-refractivity contribution in [3.05, 3.63) is 58.0 Å². The van der Waals surface area contributed by atoms with Gasteiger partial charge in [0, 0.05) is 23.7 Å². The number of aryl methyl sites for hydroxylation is 3. The van der Waals surface area contributed by atoms with Gasteiger partial charge in [-0.25, -0.2) is 0 Å². The minimum atomic E-state index is -0.0878. The number of hydrogen-bond donors (Lipinski definition) is 1. The van der Waals surface area contributed by atoms with Crippen molar-refractivity contribution >= 4 is 17.5 Å². The summed E-state index contributed by atoms with van der Waals surface area (Å²) in [4.78, 5) is 16.8. The molecule has 0 saturated carbocycles. The number of rotatable bonds is 6. The van der Waals surface area contributed by atoms with E-state index in [9.17, 15) is 4.79 Å². The molecule has 0 unspecified atom stereocenters. The molecule has 0 fully saturated rings. The van der Waals surface area contributed by atoms with E-state index < -0.39 is 0 Å². The fourth-order valence-corrected chi connectivity index (χ4v) is 2.96. The number of carbonyl (C=O) groups excluding carboxylic acids is 1. The van der Waals surface area contributed by atoms with Gasteiger partial charge in [0.05, 0.1) is 0 Å². The largest absolute Gasteiger partial charge is 0.350 e. The Labute approximate surface area is 157 Å². The van der Waals surface area contributed by atoms with Gasteiger partial charge in [0.1, 0.15) is 12.2 Å². The molecule has 26 heavy (non-hydrogen) atoms. The molecule has 1 N–H and O–H groups in total. The van der Waals surface area contributed by atoms with Crippen molar-refractivity contribution in [3.8, 4) is 11.6 Å². The lowest BCUT2D eigenvalue weighted by molar-refractivity contribution is -0.121. The van der Waals surface area contributed by atoms with E-state index in [-0.39, 0.29) is 12.5 Å². The summed E-state index contributed by atoms with van der Waals surface area (Å²) in [5.41, 5.74) is 3.75. The van der Waals surface area contributed by atoms with Crippen molar-refractivity contribution in [2.75, 3.05) is 0 Å². The third kappa shape index (κ3) is 3.96. The molecule has 0 aliphatic rings. The first kappa shape index (κ1) is 18.2. The Kier molecular flexibility index (Phi) is 5.42. The first-order chi connectivity index (χ1) is 12.5. The normalized spacial score (nSPS) is 10.9. The van der Waals surface area contributed by atoms with Gasteiger partial charge in [-0.05, 0) is 43.2 Å². The van der Waals surface area contributed by atoms with Crippen LogP contribution in [0.5, 0.6) is 0 Å². The van der Waals surface area contributed by atoms with E-state index in [4.69, 9.17) is 16.1 Å². The second-order valence-electron chi connectivity index (χ2n) is 6.18. The fraction of sp³-hybridized carbons (Fsp3) is 0.316. The highest BCUT2D eigenvalue weighted by Gasteiger charge is 2.19. The van der Waals surface area contributed by atoms with Crippen molar-refractivity contribution in [1.29, 1.82) is 0 Å². The zero-order valence-electron chi connectivity index (χ0n) is 15.0.